The third-order valence-electron chi connectivity index (χ3n) is 21.6. The van der Waals surface area contributed by atoms with Gasteiger partial charge in [0.05, 0.1) is 40.0 Å². The summed E-state index contributed by atoms with van der Waals surface area (Å²) in [6.45, 7) is 45.2. The molecule has 0 radical (unpaired) electrons. The number of hydrogen-bond donors (Lipinski definition) is 0. The molecule has 3 heterocycles. The minimum absolute atomic E-state index is 0.153. The van der Waals surface area contributed by atoms with Crippen LogP contribution in [0.4, 0.5) is 5.69 Å². The van der Waals surface area contributed by atoms with Crippen LogP contribution < -0.4 is 0 Å². The fourth-order valence-corrected chi connectivity index (χ4v) is 15.8. The lowest BCUT2D eigenvalue weighted by Crippen LogP contribution is -2.17. The van der Waals surface area contributed by atoms with Gasteiger partial charge in [-0.05, 0) is 191 Å². The summed E-state index contributed by atoms with van der Waals surface area (Å²) in [7, 11) is 0. The molecule has 0 fully saturated rings. The first-order chi connectivity index (χ1) is 46.5. The van der Waals surface area contributed by atoms with Gasteiger partial charge in [-0.3, -0.25) is 0 Å². The average Bonchev–Trinajstić information content (AvgIpc) is 1.54. The number of fused-ring (bicyclic) bond motifs is 12. The quantitative estimate of drug-likeness (QED) is 0.149. The van der Waals surface area contributed by atoms with Gasteiger partial charge < -0.3 is 9.13 Å². The highest BCUT2D eigenvalue weighted by Crippen LogP contribution is 2.54. The first-order valence-corrected chi connectivity index (χ1v) is 34.8. The molecule has 2 aliphatic carbocycles. The van der Waals surface area contributed by atoms with E-state index in [1.807, 2.05) is 18.2 Å². The highest BCUT2D eigenvalue weighted by Gasteiger charge is 2.39. The number of para-hydroxylation sites is 2. The van der Waals surface area contributed by atoms with Gasteiger partial charge in [0.25, 0.3) is 0 Å². The van der Waals surface area contributed by atoms with E-state index in [1.165, 1.54) is 88.3 Å². The van der Waals surface area contributed by atoms with Gasteiger partial charge in [0.2, 0.25) is 0 Å². The van der Waals surface area contributed by atoms with Crippen LogP contribution in [0.5, 0.6) is 0 Å². The third-order valence-corrected chi connectivity index (χ3v) is 21.6. The Bertz CT molecular complexity index is 5590. The number of nitrogens with zero attached hydrogens (tertiary/aromatic N) is 6. The van der Waals surface area contributed by atoms with Crippen molar-refractivity contribution < 1.29 is 0 Å². The second-order valence-electron chi connectivity index (χ2n) is 32.9. The first-order valence-electron chi connectivity index (χ1n) is 34.8. The van der Waals surface area contributed by atoms with E-state index in [2.05, 4.69) is 325 Å². The molecule has 0 saturated heterocycles. The molecule has 0 N–H and O–H groups in total. The maximum atomic E-state index is 8.19. The minimum atomic E-state index is -0.257. The molecular formula is C92H84N6. The molecule has 11 aromatic carbocycles. The summed E-state index contributed by atoms with van der Waals surface area (Å²) in [6.07, 6.45) is 0. The standard InChI is InChI=1S/C92H84N6/c1-87(2,3)59-41-57(42-60(48-59)88(4,5)6)85-94-84(95-86(96-85)58-43-61(89(7,8)9)49-62(44-58)90(10,11)12)56-38-40-80(97-78-35-24-20-31-66(78)72-50-69-64-29-18-22-33-74(64)91(13,14)76(69)52-82(72)97)71(46-56)68-39-37-55(54-27-26-28-63(45-54)93-17)47-81(68)98-79-36-25-21-32-67(79)73-51-70-65-30-19-23-34-75(65)92(15,16)77(70)53-83(73)98/h18-53H,1-16H3. The van der Waals surface area contributed by atoms with E-state index in [4.69, 9.17) is 21.5 Å². The molecule has 0 atom stereocenters. The van der Waals surface area contributed by atoms with Gasteiger partial charge in [0.15, 0.2) is 23.2 Å². The molecule has 482 valence electrons. The number of hydrogen-bond acceptors (Lipinski definition) is 3. The molecule has 0 aliphatic heterocycles. The van der Waals surface area contributed by atoms with Crippen LogP contribution >= 0.6 is 0 Å². The zero-order valence-corrected chi connectivity index (χ0v) is 59.5. The fraction of sp³-hybridized carbons (Fsp3) is 0.239. The van der Waals surface area contributed by atoms with Crippen LogP contribution in [0.1, 0.15) is 155 Å². The molecule has 6 nitrogen and oxygen atoms in total. The SMILES string of the molecule is [C-]#[N+]c1cccc(-c2ccc(-c3cc(-c4nc(-c5cc(C(C)(C)C)cc(C(C)(C)C)c5)nc(-c5cc(C(C)(C)C)cc(C(C)(C)C)c5)n4)ccc3-n3c4ccccc4c4cc5c(cc43)C(C)(C)c3ccccc3-5)c(-n3c4ccccc4c4cc5c(cc43)C(C)(C)c3ccccc3-5)c2)c1. The third kappa shape index (κ3) is 9.97. The van der Waals surface area contributed by atoms with E-state index in [9.17, 15) is 0 Å². The Morgan fingerprint density at radius 1 is 0.296 bits per heavy atom. The molecule has 0 bridgehead atoms. The number of rotatable bonds is 7. The zero-order valence-electron chi connectivity index (χ0n) is 59.5. The molecule has 0 amide bonds. The van der Waals surface area contributed by atoms with E-state index < -0.39 is 0 Å². The van der Waals surface area contributed by atoms with Crippen molar-refractivity contribution in [3.05, 3.63) is 274 Å². The van der Waals surface area contributed by atoms with Crippen molar-refractivity contribution in [1.82, 2.24) is 24.1 Å². The maximum absolute atomic E-state index is 8.19. The van der Waals surface area contributed by atoms with E-state index in [1.54, 1.807) is 0 Å². The summed E-state index contributed by atoms with van der Waals surface area (Å²) in [6, 6.07) is 81.6. The molecule has 3 aromatic heterocycles. The average molecular weight is 1270 g/mol. The number of aromatic nitrogens is 5. The van der Waals surface area contributed by atoms with Crippen molar-refractivity contribution in [2.45, 2.75) is 143 Å². The molecule has 14 aromatic rings. The molecule has 0 unspecified atom stereocenters. The van der Waals surface area contributed by atoms with Gasteiger partial charge in [0.1, 0.15) is 0 Å². The minimum Gasteiger partial charge on any atom is -0.309 e. The van der Waals surface area contributed by atoms with Crippen LogP contribution in [-0.2, 0) is 32.5 Å². The van der Waals surface area contributed by atoms with Gasteiger partial charge in [-0.2, -0.15) is 0 Å². The predicted molar refractivity (Wildman–Crippen MR) is 412 cm³/mol. The summed E-state index contributed by atoms with van der Waals surface area (Å²) in [5, 5.41) is 4.74. The molecule has 2 aliphatic rings. The second kappa shape index (κ2) is 21.8. The predicted octanol–water partition coefficient (Wildman–Crippen LogP) is 24.8. The largest absolute Gasteiger partial charge is 0.309 e. The Morgan fingerprint density at radius 3 is 1.18 bits per heavy atom. The summed E-state index contributed by atoms with van der Waals surface area (Å²) in [4.78, 5) is 21.0. The Labute approximate surface area is 577 Å². The topological polar surface area (TPSA) is 52.9 Å². The monoisotopic (exact) mass is 1270 g/mol. The van der Waals surface area contributed by atoms with Crippen molar-refractivity contribution in [3.63, 3.8) is 0 Å². The van der Waals surface area contributed by atoms with E-state index in [0.29, 0.717) is 23.2 Å². The lowest BCUT2D eigenvalue weighted by molar-refractivity contribution is 0.568. The lowest BCUT2D eigenvalue weighted by atomic mass is 9.79. The Balaban J connectivity index is 1.04. The maximum Gasteiger partial charge on any atom is 0.187 e. The van der Waals surface area contributed by atoms with Gasteiger partial charge in [-0.25, -0.2) is 19.8 Å². The first kappa shape index (κ1) is 62.3. The van der Waals surface area contributed by atoms with Crippen LogP contribution in [0.25, 0.3) is 139 Å². The lowest BCUT2D eigenvalue weighted by Gasteiger charge is -2.26. The highest BCUT2D eigenvalue weighted by molar-refractivity contribution is 6.14. The normalized spacial score (nSPS) is 14.1. The van der Waals surface area contributed by atoms with Crippen molar-refractivity contribution in [2.24, 2.45) is 0 Å². The van der Waals surface area contributed by atoms with Crippen molar-refractivity contribution in [1.29, 1.82) is 0 Å². The Morgan fingerprint density at radius 2 is 0.714 bits per heavy atom. The van der Waals surface area contributed by atoms with E-state index in [-0.39, 0.29) is 32.5 Å². The summed E-state index contributed by atoms with van der Waals surface area (Å²) in [5.74, 6) is 1.83. The van der Waals surface area contributed by atoms with Crippen LogP contribution in [-0.4, -0.2) is 24.1 Å². The summed E-state index contributed by atoms with van der Waals surface area (Å²) < 4.78 is 5.06. The van der Waals surface area contributed by atoms with E-state index >= 15 is 0 Å². The van der Waals surface area contributed by atoms with Crippen molar-refractivity contribution >= 4 is 49.3 Å². The summed E-state index contributed by atoms with van der Waals surface area (Å²) >= 11 is 0. The fourth-order valence-electron chi connectivity index (χ4n) is 15.8. The van der Waals surface area contributed by atoms with Crippen molar-refractivity contribution in [2.75, 3.05) is 0 Å². The molecule has 98 heavy (non-hydrogen) atoms. The molecule has 16 rings (SSSR count). The molecule has 6 heteroatoms. The smallest absolute Gasteiger partial charge is 0.187 e. The van der Waals surface area contributed by atoms with Crippen LogP contribution in [0.15, 0.2) is 218 Å². The van der Waals surface area contributed by atoms with Gasteiger partial charge >= 0.3 is 0 Å². The second-order valence-corrected chi connectivity index (χ2v) is 32.9. The molecule has 0 spiro atoms. The van der Waals surface area contributed by atoms with Crippen molar-refractivity contribution in [3.8, 4) is 90.0 Å². The highest BCUT2D eigenvalue weighted by atomic mass is 15.0. The summed E-state index contributed by atoms with van der Waals surface area (Å²) in [5.41, 5.74) is 28.1. The van der Waals surface area contributed by atoms with Gasteiger partial charge in [-0.1, -0.05) is 238 Å². The van der Waals surface area contributed by atoms with Crippen LogP contribution in [0.2, 0.25) is 0 Å². The van der Waals surface area contributed by atoms with Crippen LogP contribution in [0, 0.1) is 6.57 Å². The molecule has 0 saturated carbocycles. The Kier molecular flexibility index (Phi) is 13.8. The zero-order chi connectivity index (χ0) is 68.5. The Hall–Kier alpha value is -10.5. The van der Waals surface area contributed by atoms with Gasteiger partial charge in [-0.15, -0.1) is 0 Å². The van der Waals surface area contributed by atoms with Gasteiger partial charge in [0, 0.05) is 60.2 Å². The van der Waals surface area contributed by atoms with E-state index in [0.717, 1.165) is 72.4 Å². The number of benzene rings is 11. The molecular weight excluding hydrogens is 1190 g/mol. The van der Waals surface area contributed by atoms with Crippen LogP contribution in [0.3, 0.4) is 0 Å².